The highest BCUT2D eigenvalue weighted by Gasteiger charge is 2.33. The van der Waals surface area contributed by atoms with Crippen LogP contribution in [0.4, 0.5) is 0 Å². The van der Waals surface area contributed by atoms with Gasteiger partial charge in [0.15, 0.2) is 5.03 Å². The van der Waals surface area contributed by atoms with Crippen molar-refractivity contribution in [1.29, 1.82) is 0 Å². The van der Waals surface area contributed by atoms with Crippen LogP contribution in [0.3, 0.4) is 0 Å². The molecule has 24 heavy (non-hydrogen) atoms. The molecule has 1 aliphatic heterocycles. The lowest BCUT2D eigenvalue weighted by atomic mass is 9.97. The van der Waals surface area contributed by atoms with Crippen LogP contribution in [0.5, 0.6) is 0 Å². The minimum atomic E-state index is -3.58. The van der Waals surface area contributed by atoms with Crippen molar-refractivity contribution in [2.75, 3.05) is 13.1 Å². The predicted molar refractivity (Wildman–Crippen MR) is 92.0 cm³/mol. The Morgan fingerprint density at radius 3 is 2.46 bits per heavy atom. The van der Waals surface area contributed by atoms with Crippen molar-refractivity contribution in [3.8, 4) is 0 Å². The van der Waals surface area contributed by atoms with Gasteiger partial charge in [0.2, 0.25) is 5.91 Å². The highest BCUT2D eigenvalue weighted by molar-refractivity contribution is 7.89. The van der Waals surface area contributed by atoms with Crippen LogP contribution in [-0.4, -0.2) is 47.3 Å². The minimum Gasteiger partial charge on any atom is -0.353 e. The van der Waals surface area contributed by atoms with Gasteiger partial charge in [0.25, 0.3) is 10.0 Å². The van der Waals surface area contributed by atoms with E-state index in [2.05, 4.69) is 10.3 Å². The number of aromatic nitrogens is 2. The highest BCUT2D eigenvalue weighted by Crippen LogP contribution is 2.23. The summed E-state index contributed by atoms with van der Waals surface area (Å²) < 4.78 is 28.6. The summed E-state index contributed by atoms with van der Waals surface area (Å²) in [4.78, 5) is 16.2. The number of imidazole rings is 1. The first-order valence-electron chi connectivity index (χ1n) is 8.59. The first-order valence-corrected chi connectivity index (χ1v) is 10.0. The lowest BCUT2D eigenvalue weighted by Crippen LogP contribution is -2.44. The molecule has 1 saturated heterocycles. The molecule has 7 nitrogen and oxygen atoms in total. The van der Waals surface area contributed by atoms with E-state index in [9.17, 15) is 13.2 Å². The second-order valence-electron chi connectivity index (χ2n) is 6.75. The Morgan fingerprint density at radius 2 is 1.96 bits per heavy atom. The van der Waals surface area contributed by atoms with Gasteiger partial charge in [0, 0.05) is 37.3 Å². The normalized spacial score (nSPS) is 18.7. The van der Waals surface area contributed by atoms with Crippen LogP contribution in [0, 0.1) is 5.92 Å². The molecule has 2 heterocycles. The summed E-state index contributed by atoms with van der Waals surface area (Å²) >= 11 is 0. The number of carbonyl (C=O) groups is 1. The fraction of sp³-hybridized carbons (Fsp3) is 0.750. The Kier molecular flexibility index (Phi) is 6.03. The molecule has 0 saturated carbocycles. The van der Waals surface area contributed by atoms with Gasteiger partial charge in [-0.25, -0.2) is 13.4 Å². The summed E-state index contributed by atoms with van der Waals surface area (Å²) in [7, 11) is -3.58. The van der Waals surface area contributed by atoms with E-state index in [1.54, 1.807) is 17.1 Å². The third kappa shape index (κ3) is 4.16. The molecule has 1 unspecified atom stereocenters. The van der Waals surface area contributed by atoms with Gasteiger partial charge in [-0.05, 0) is 40.0 Å². The molecule has 0 spiro atoms. The standard InChI is InChI=1S/C16H28N4O3S/c1-5-13(4)18-16(21)14-6-8-20(9-7-14)24(22,23)15-10-19(11-17-15)12(2)3/h10-14H,5-9H2,1-4H3,(H,18,21). The quantitative estimate of drug-likeness (QED) is 0.842. The lowest BCUT2D eigenvalue weighted by Gasteiger charge is -2.30. The number of carbonyl (C=O) groups excluding carboxylic acids is 1. The first kappa shape index (κ1) is 18.9. The van der Waals surface area contributed by atoms with E-state index in [0.717, 1.165) is 6.42 Å². The van der Waals surface area contributed by atoms with Crippen LogP contribution in [0.25, 0.3) is 0 Å². The molecule has 1 aliphatic rings. The summed E-state index contributed by atoms with van der Waals surface area (Å²) in [6.45, 7) is 8.66. The molecule has 0 radical (unpaired) electrons. The first-order chi connectivity index (χ1) is 11.3. The van der Waals surface area contributed by atoms with Gasteiger partial charge in [0.1, 0.15) is 0 Å². The molecule has 1 atom stereocenters. The summed E-state index contributed by atoms with van der Waals surface area (Å²) in [5, 5.41) is 3.06. The van der Waals surface area contributed by atoms with Crippen molar-refractivity contribution >= 4 is 15.9 Å². The number of sulfonamides is 1. The number of piperidine rings is 1. The monoisotopic (exact) mass is 356 g/mol. The second-order valence-corrected chi connectivity index (χ2v) is 8.63. The van der Waals surface area contributed by atoms with E-state index in [1.165, 1.54) is 4.31 Å². The number of nitrogens with zero attached hydrogens (tertiary/aromatic N) is 3. The van der Waals surface area contributed by atoms with Crippen LogP contribution in [0.2, 0.25) is 0 Å². The minimum absolute atomic E-state index is 0.0329. The van der Waals surface area contributed by atoms with Gasteiger partial charge in [0.05, 0.1) is 6.33 Å². The zero-order valence-corrected chi connectivity index (χ0v) is 15.7. The molecule has 0 bridgehead atoms. The summed E-state index contributed by atoms with van der Waals surface area (Å²) in [6, 6.07) is 0.315. The van der Waals surface area contributed by atoms with Crippen molar-refractivity contribution < 1.29 is 13.2 Å². The SMILES string of the molecule is CCC(C)NC(=O)C1CCN(S(=O)(=O)c2cn(C(C)C)cn2)CC1. The second kappa shape index (κ2) is 7.65. The zero-order chi connectivity index (χ0) is 17.9. The van der Waals surface area contributed by atoms with Gasteiger partial charge in [-0.1, -0.05) is 6.92 Å². The number of hydrogen-bond donors (Lipinski definition) is 1. The van der Waals surface area contributed by atoms with Crippen molar-refractivity contribution in [2.24, 2.45) is 5.92 Å². The van der Waals surface area contributed by atoms with Crippen molar-refractivity contribution in [2.45, 2.75) is 64.1 Å². The van der Waals surface area contributed by atoms with Gasteiger partial charge in [-0.3, -0.25) is 4.79 Å². The Labute approximate surface area is 144 Å². The summed E-state index contributed by atoms with van der Waals surface area (Å²) in [5.41, 5.74) is 0. The fourth-order valence-corrected chi connectivity index (χ4v) is 4.08. The van der Waals surface area contributed by atoms with Gasteiger partial charge in [-0.2, -0.15) is 4.31 Å². The average Bonchev–Trinajstić information content (AvgIpc) is 3.06. The highest BCUT2D eigenvalue weighted by atomic mass is 32.2. The maximum absolute atomic E-state index is 12.7. The molecule has 1 aromatic rings. The molecule has 1 amide bonds. The third-order valence-electron chi connectivity index (χ3n) is 4.60. The van der Waals surface area contributed by atoms with Crippen LogP contribution < -0.4 is 5.32 Å². The lowest BCUT2D eigenvalue weighted by molar-refractivity contribution is -0.126. The maximum Gasteiger partial charge on any atom is 0.262 e. The van der Waals surface area contributed by atoms with Gasteiger partial charge >= 0.3 is 0 Å². The molecule has 1 fully saturated rings. The fourth-order valence-electron chi connectivity index (χ4n) is 2.69. The topological polar surface area (TPSA) is 84.3 Å². The van der Waals surface area contributed by atoms with Crippen LogP contribution >= 0.6 is 0 Å². The molecular weight excluding hydrogens is 328 g/mol. The van der Waals surface area contributed by atoms with E-state index in [4.69, 9.17) is 0 Å². The Morgan fingerprint density at radius 1 is 1.33 bits per heavy atom. The predicted octanol–water partition coefficient (Wildman–Crippen LogP) is 1.78. The van der Waals surface area contributed by atoms with Crippen LogP contribution in [0.15, 0.2) is 17.6 Å². The van der Waals surface area contributed by atoms with E-state index in [1.807, 2.05) is 27.7 Å². The average molecular weight is 356 g/mol. The maximum atomic E-state index is 12.7. The Bertz CT molecular complexity index is 661. The van der Waals surface area contributed by atoms with E-state index < -0.39 is 10.0 Å². The summed E-state index contributed by atoms with van der Waals surface area (Å²) in [5.74, 6) is -0.0795. The Hall–Kier alpha value is -1.41. The van der Waals surface area contributed by atoms with Crippen LogP contribution in [-0.2, 0) is 14.8 Å². The Balaban J connectivity index is 1.99. The molecule has 0 aliphatic carbocycles. The smallest absolute Gasteiger partial charge is 0.262 e. The van der Waals surface area contributed by atoms with Crippen molar-refractivity contribution in [3.05, 3.63) is 12.5 Å². The molecule has 2 rings (SSSR count). The molecule has 136 valence electrons. The number of amides is 1. The van der Waals surface area contributed by atoms with Crippen molar-refractivity contribution in [1.82, 2.24) is 19.2 Å². The van der Waals surface area contributed by atoms with E-state index in [-0.39, 0.29) is 28.9 Å². The molecule has 1 N–H and O–H groups in total. The molecular formula is C16H28N4O3S. The van der Waals surface area contributed by atoms with Gasteiger partial charge in [-0.15, -0.1) is 0 Å². The van der Waals surface area contributed by atoms with Crippen molar-refractivity contribution in [3.63, 3.8) is 0 Å². The summed E-state index contributed by atoms with van der Waals surface area (Å²) in [6.07, 6.45) is 5.10. The zero-order valence-electron chi connectivity index (χ0n) is 14.9. The third-order valence-corrected chi connectivity index (χ3v) is 6.39. The largest absolute Gasteiger partial charge is 0.353 e. The van der Waals surface area contributed by atoms with E-state index in [0.29, 0.717) is 25.9 Å². The molecule has 8 heteroatoms. The molecule has 0 aromatic carbocycles. The van der Waals surface area contributed by atoms with Crippen LogP contribution in [0.1, 0.15) is 53.0 Å². The number of nitrogens with one attached hydrogen (secondary N) is 1. The van der Waals surface area contributed by atoms with E-state index >= 15 is 0 Å². The number of hydrogen-bond acceptors (Lipinski definition) is 4. The van der Waals surface area contributed by atoms with Gasteiger partial charge < -0.3 is 9.88 Å². The number of rotatable bonds is 6. The molecule has 1 aromatic heterocycles.